The first kappa shape index (κ1) is 23.1. The number of piperidine rings is 1. The Morgan fingerprint density at radius 3 is 2.57 bits per heavy atom. The molecule has 0 bridgehead atoms. The first-order valence-electron chi connectivity index (χ1n) is 12.0. The Morgan fingerprint density at radius 2 is 1.97 bits per heavy atom. The van der Waals surface area contributed by atoms with Crippen LogP contribution in [0.5, 0.6) is 5.75 Å². The van der Waals surface area contributed by atoms with E-state index >= 15 is 0 Å². The van der Waals surface area contributed by atoms with Gasteiger partial charge in [-0.1, -0.05) is 26.8 Å². The summed E-state index contributed by atoms with van der Waals surface area (Å²) in [7, 11) is 0. The number of hydrogen-bond donors (Lipinski definition) is 0. The standard InChI is InChI=1S/C26H42N2O2/c1-7-9-24-18-27(14-8-2)19-26(30-24)12-15-28(16-13-26)22(6)23-10-11-25(21(5)17-23)29-20(3)4/h10-11,17,20,24H,6-9,12-16,18-19H2,1-5H3. The Bertz CT molecular complexity index is 691. The molecule has 2 aliphatic heterocycles. The number of benzene rings is 1. The zero-order chi connectivity index (χ0) is 21.7. The number of hydrogen-bond acceptors (Lipinski definition) is 4. The monoisotopic (exact) mass is 414 g/mol. The van der Waals surface area contributed by atoms with E-state index in [2.05, 4.69) is 69.2 Å². The Kier molecular flexibility index (Phi) is 7.86. The van der Waals surface area contributed by atoms with Gasteiger partial charge in [0.25, 0.3) is 0 Å². The number of morpholine rings is 1. The van der Waals surface area contributed by atoms with Crippen molar-refractivity contribution in [3.05, 3.63) is 35.9 Å². The second kappa shape index (κ2) is 10.2. The molecule has 1 atom stereocenters. The van der Waals surface area contributed by atoms with E-state index in [0.717, 1.165) is 50.5 Å². The lowest BCUT2D eigenvalue weighted by molar-refractivity contribution is -0.174. The fourth-order valence-corrected chi connectivity index (χ4v) is 5.00. The summed E-state index contributed by atoms with van der Waals surface area (Å²) in [4.78, 5) is 5.09. The van der Waals surface area contributed by atoms with Crippen molar-refractivity contribution in [2.75, 3.05) is 32.7 Å². The maximum absolute atomic E-state index is 6.72. The molecule has 0 aliphatic carbocycles. The lowest BCUT2D eigenvalue weighted by atomic mass is 9.87. The van der Waals surface area contributed by atoms with Crippen LogP contribution >= 0.6 is 0 Å². The minimum atomic E-state index is 0.0227. The fraction of sp³-hybridized carbons (Fsp3) is 0.692. The van der Waals surface area contributed by atoms with E-state index in [1.807, 2.05) is 0 Å². The second-order valence-electron chi connectivity index (χ2n) is 9.53. The fourth-order valence-electron chi connectivity index (χ4n) is 5.00. The van der Waals surface area contributed by atoms with Crippen LogP contribution in [0.1, 0.15) is 70.9 Å². The summed E-state index contributed by atoms with van der Waals surface area (Å²) in [6, 6.07) is 6.44. The summed E-state index contributed by atoms with van der Waals surface area (Å²) >= 11 is 0. The van der Waals surface area contributed by atoms with Gasteiger partial charge in [0.05, 0.1) is 17.8 Å². The molecule has 1 aromatic carbocycles. The van der Waals surface area contributed by atoms with Gasteiger partial charge in [-0.05, 0) is 82.3 Å². The van der Waals surface area contributed by atoms with Gasteiger partial charge in [-0.3, -0.25) is 4.90 Å². The van der Waals surface area contributed by atoms with Crippen molar-refractivity contribution in [1.82, 2.24) is 9.80 Å². The molecule has 0 saturated carbocycles. The molecule has 1 aromatic rings. The van der Waals surface area contributed by atoms with Gasteiger partial charge < -0.3 is 14.4 Å². The normalized spacial score (nSPS) is 21.9. The molecule has 2 fully saturated rings. The molecule has 1 spiro atoms. The van der Waals surface area contributed by atoms with Crippen molar-refractivity contribution >= 4 is 5.70 Å². The van der Waals surface area contributed by atoms with E-state index in [1.165, 1.54) is 36.9 Å². The van der Waals surface area contributed by atoms with E-state index < -0.39 is 0 Å². The van der Waals surface area contributed by atoms with Crippen LogP contribution in [-0.4, -0.2) is 60.3 Å². The van der Waals surface area contributed by atoms with Crippen LogP contribution in [0.2, 0.25) is 0 Å². The molecule has 1 unspecified atom stereocenters. The van der Waals surface area contributed by atoms with Crippen LogP contribution in [-0.2, 0) is 4.74 Å². The minimum Gasteiger partial charge on any atom is -0.491 e. The number of likely N-dealkylation sites (tertiary alicyclic amines) is 1. The summed E-state index contributed by atoms with van der Waals surface area (Å²) in [6.07, 6.45) is 6.33. The van der Waals surface area contributed by atoms with Crippen LogP contribution < -0.4 is 4.74 Å². The molecule has 0 N–H and O–H groups in total. The first-order chi connectivity index (χ1) is 14.4. The predicted octanol–water partition coefficient (Wildman–Crippen LogP) is 5.50. The average Bonchev–Trinajstić information content (AvgIpc) is 2.69. The van der Waals surface area contributed by atoms with Crippen LogP contribution in [0.3, 0.4) is 0 Å². The molecule has 2 heterocycles. The molecule has 0 radical (unpaired) electrons. The van der Waals surface area contributed by atoms with Gasteiger partial charge >= 0.3 is 0 Å². The summed E-state index contributed by atoms with van der Waals surface area (Å²) in [5, 5.41) is 0. The largest absolute Gasteiger partial charge is 0.491 e. The molecular weight excluding hydrogens is 372 g/mol. The molecule has 30 heavy (non-hydrogen) atoms. The highest BCUT2D eigenvalue weighted by atomic mass is 16.5. The Balaban J connectivity index is 1.64. The van der Waals surface area contributed by atoms with Gasteiger partial charge in [0.15, 0.2) is 0 Å². The third-order valence-electron chi connectivity index (χ3n) is 6.47. The second-order valence-corrected chi connectivity index (χ2v) is 9.53. The molecule has 4 heteroatoms. The van der Waals surface area contributed by atoms with E-state index in [-0.39, 0.29) is 11.7 Å². The van der Waals surface area contributed by atoms with Gasteiger partial charge in [-0.15, -0.1) is 0 Å². The Morgan fingerprint density at radius 1 is 1.23 bits per heavy atom. The predicted molar refractivity (Wildman–Crippen MR) is 126 cm³/mol. The average molecular weight is 415 g/mol. The van der Waals surface area contributed by atoms with Crippen LogP contribution in [0, 0.1) is 6.92 Å². The van der Waals surface area contributed by atoms with Gasteiger partial charge in [-0.2, -0.15) is 0 Å². The smallest absolute Gasteiger partial charge is 0.122 e. The van der Waals surface area contributed by atoms with E-state index in [4.69, 9.17) is 9.47 Å². The summed E-state index contributed by atoms with van der Waals surface area (Å²) < 4.78 is 12.6. The van der Waals surface area contributed by atoms with Crippen LogP contribution in [0.15, 0.2) is 24.8 Å². The highest BCUT2D eigenvalue weighted by molar-refractivity contribution is 5.64. The number of ether oxygens (including phenoxy) is 2. The molecule has 4 nitrogen and oxygen atoms in total. The zero-order valence-electron chi connectivity index (χ0n) is 19.9. The topological polar surface area (TPSA) is 24.9 Å². The van der Waals surface area contributed by atoms with Crippen molar-refractivity contribution in [2.45, 2.75) is 84.5 Å². The Labute approximate surface area is 184 Å². The highest BCUT2D eigenvalue weighted by Gasteiger charge is 2.42. The number of aryl methyl sites for hydroxylation is 1. The molecule has 3 rings (SSSR count). The van der Waals surface area contributed by atoms with Gasteiger partial charge in [-0.25, -0.2) is 0 Å². The molecule has 2 aliphatic rings. The van der Waals surface area contributed by atoms with E-state index in [9.17, 15) is 0 Å². The summed E-state index contributed by atoms with van der Waals surface area (Å²) in [5.41, 5.74) is 3.51. The lowest BCUT2D eigenvalue weighted by Gasteiger charge is -2.50. The third-order valence-corrected chi connectivity index (χ3v) is 6.47. The summed E-state index contributed by atoms with van der Waals surface area (Å²) in [6.45, 7) is 20.6. The number of rotatable bonds is 8. The third kappa shape index (κ3) is 5.59. The van der Waals surface area contributed by atoms with E-state index in [0.29, 0.717) is 6.10 Å². The molecule has 2 saturated heterocycles. The maximum Gasteiger partial charge on any atom is 0.122 e. The van der Waals surface area contributed by atoms with Crippen molar-refractivity contribution < 1.29 is 9.47 Å². The van der Waals surface area contributed by atoms with Crippen molar-refractivity contribution in [3.8, 4) is 5.75 Å². The lowest BCUT2D eigenvalue weighted by Crippen LogP contribution is -2.59. The van der Waals surface area contributed by atoms with Crippen LogP contribution in [0.4, 0.5) is 0 Å². The molecule has 0 amide bonds. The number of nitrogens with zero attached hydrogens (tertiary/aromatic N) is 2. The van der Waals surface area contributed by atoms with E-state index in [1.54, 1.807) is 0 Å². The Hall–Kier alpha value is -1.52. The summed E-state index contributed by atoms with van der Waals surface area (Å²) in [5.74, 6) is 0.965. The zero-order valence-corrected chi connectivity index (χ0v) is 19.9. The van der Waals surface area contributed by atoms with Crippen molar-refractivity contribution in [1.29, 1.82) is 0 Å². The maximum atomic E-state index is 6.72. The molecular formula is C26H42N2O2. The van der Waals surface area contributed by atoms with Crippen LogP contribution in [0.25, 0.3) is 5.70 Å². The van der Waals surface area contributed by atoms with Gasteiger partial charge in [0.1, 0.15) is 5.75 Å². The van der Waals surface area contributed by atoms with Crippen molar-refractivity contribution in [3.63, 3.8) is 0 Å². The molecule has 168 valence electrons. The minimum absolute atomic E-state index is 0.0227. The van der Waals surface area contributed by atoms with Gasteiger partial charge in [0.2, 0.25) is 0 Å². The SMILES string of the molecule is C=C(c1ccc(OC(C)C)c(C)c1)N1CCC2(CC1)CN(CCC)CC(CCC)O2. The molecule has 0 aromatic heterocycles. The quantitative estimate of drug-likeness (QED) is 0.561. The first-order valence-corrected chi connectivity index (χ1v) is 12.0. The van der Waals surface area contributed by atoms with Gasteiger partial charge in [0, 0.05) is 31.9 Å². The highest BCUT2D eigenvalue weighted by Crippen LogP contribution is 2.36. The van der Waals surface area contributed by atoms with Crippen molar-refractivity contribution in [2.24, 2.45) is 0 Å².